The molecule has 0 N–H and O–H groups in total. The Kier molecular flexibility index (Phi) is 4.98. The van der Waals surface area contributed by atoms with Crippen LogP contribution in [-0.2, 0) is 17.6 Å². The first-order chi connectivity index (χ1) is 12.3. The first-order valence-electron chi connectivity index (χ1n) is 9.63. The van der Waals surface area contributed by atoms with Gasteiger partial charge in [-0.3, -0.25) is 4.79 Å². The summed E-state index contributed by atoms with van der Waals surface area (Å²) in [6, 6.07) is 5.21. The maximum Gasteiger partial charge on any atom is 0.233 e. The van der Waals surface area contributed by atoms with E-state index in [0.717, 1.165) is 49.2 Å². The number of carbonyl (C=O) groups excluding carboxylic acids is 1. The van der Waals surface area contributed by atoms with E-state index in [1.165, 1.54) is 43.0 Å². The van der Waals surface area contributed by atoms with Gasteiger partial charge in [0.05, 0.1) is 11.3 Å². The van der Waals surface area contributed by atoms with Gasteiger partial charge in [-0.15, -0.1) is 0 Å². The summed E-state index contributed by atoms with van der Waals surface area (Å²) in [4.78, 5) is 19.8. The molecule has 3 aliphatic carbocycles. The molecule has 0 saturated heterocycles. The summed E-state index contributed by atoms with van der Waals surface area (Å²) in [7, 11) is 0. The van der Waals surface area contributed by atoms with Gasteiger partial charge >= 0.3 is 0 Å². The van der Waals surface area contributed by atoms with E-state index in [2.05, 4.69) is 11.0 Å². The summed E-state index contributed by atoms with van der Waals surface area (Å²) >= 11 is 1.46. The molecule has 0 bridgehead atoms. The third kappa shape index (κ3) is 3.69. The molecule has 0 unspecified atom stereocenters. The van der Waals surface area contributed by atoms with Gasteiger partial charge in [-0.05, 0) is 63.0 Å². The first kappa shape index (κ1) is 16.9. The molecule has 3 aliphatic rings. The molecular formula is C20H25N3OS. The minimum atomic E-state index is 0.239. The number of nitriles is 1. The Hall–Kier alpha value is -1.54. The summed E-state index contributed by atoms with van der Waals surface area (Å²) in [5.41, 5.74) is 3.00. The summed E-state index contributed by atoms with van der Waals surface area (Å²) < 4.78 is 0. The molecule has 0 spiro atoms. The predicted octanol–water partition coefficient (Wildman–Crippen LogP) is 3.86. The van der Waals surface area contributed by atoms with Gasteiger partial charge in [0.15, 0.2) is 0 Å². The smallest absolute Gasteiger partial charge is 0.233 e. The van der Waals surface area contributed by atoms with Crippen molar-refractivity contribution in [1.82, 2.24) is 9.88 Å². The topological polar surface area (TPSA) is 57.0 Å². The quantitative estimate of drug-likeness (QED) is 0.753. The Morgan fingerprint density at radius 1 is 1.16 bits per heavy atom. The van der Waals surface area contributed by atoms with Crippen molar-refractivity contribution in [3.8, 4) is 6.07 Å². The molecule has 132 valence electrons. The molecule has 2 saturated carbocycles. The third-order valence-corrected chi connectivity index (χ3v) is 6.64. The minimum absolute atomic E-state index is 0.239. The number of aromatic nitrogens is 1. The van der Waals surface area contributed by atoms with Crippen LogP contribution in [0.5, 0.6) is 0 Å². The van der Waals surface area contributed by atoms with Gasteiger partial charge in [0.1, 0.15) is 11.1 Å². The van der Waals surface area contributed by atoms with Crippen LogP contribution in [0, 0.1) is 11.3 Å². The Morgan fingerprint density at radius 2 is 1.88 bits per heavy atom. The molecule has 0 atom stereocenters. The van der Waals surface area contributed by atoms with E-state index >= 15 is 0 Å². The lowest BCUT2D eigenvalue weighted by Gasteiger charge is -2.29. The molecule has 1 aromatic heterocycles. The molecule has 4 nitrogen and oxygen atoms in total. The Bertz CT molecular complexity index is 702. The molecule has 4 rings (SSSR count). The van der Waals surface area contributed by atoms with Crippen molar-refractivity contribution in [1.29, 1.82) is 5.26 Å². The van der Waals surface area contributed by atoms with E-state index in [1.54, 1.807) is 0 Å². The monoisotopic (exact) mass is 355 g/mol. The molecule has 1 amide bonds. The number of pyridine rings is 1. The van der Waals surface area contributed by atoms with Crippen LogP contribution in [-0.4, -0.2) is 33.6 Å². The molecule has 0 aliphatic heterocycles. The van der Waals surface area contributed by atoms with Crippen LogP contribution in [0.4, 0.5) is 0 Å². The highest BCUT2D eigenvalue weighted by Crippen LogP contribution is 2.35. The Morgan fingerprint density at radius 3 is 2.60 bits per heavy atom. The summed E-state index contributed by atoms with van der Waals surface area (Å²) in [6.07, 6.45) is 11.5. The van der Waals surface area contributed by atoms with E-state index in [1.807, 2.05) is 6.07 Å². The van der Waals surface area contributed by atoms with Crippen LogP contribution in [0.1, 0.15) is 68.2 Å². The van der Waals surface area contributed by atoms with Crippen molar-refractivity contribution in [3.63, 3.8) is 0 Å². The SMILES string of the molecule is N#Cc1cc2c(nc1SCC(=O)N(C1CCCC1)C1CC1)CCCC2. The molecule has 2 fully saturated rings. The van der Waals surface area contributed by atoms with Crippen molar-refractivity contribution in [3.05, 3.63) is 22.9 Å². The Labute approximate surface area is 154 Å². The van der Waals surface area contributed by atoms with Gasteiger partial charge in [-0.2, -0.15) is 5.26 Å². The standard InChI is InChI=1S/C20H25N3OS/c21-12-15-11-14-5-1-4-8-18(14)22-20(15)25-13-19(24)23(17-9-10-17)16-6-2-3-7-16/h11,16-17H,1-10,13H2. The number of thioether (sulfide) groups is 1. The van der Waals surface area contributed by atoms with Crippen molar-refractivity contribution < 1.29 is 4.79 Å². The minimum Gasteiger partial charge on any atom is -0.336 e. The second kappa shape index (κ2) is 7.37. The normalized spacial score (nSPS) is 20.1. The lowest BCUT2D eigenvalue weighted by molar-refractivity contribution is -0.131. The molecule has 1 aromatic rings. The fraction of sp³-hybridized carbons (Fsp3) is 0.650. The van der Waals surface area contributed by atoms with Crippen LogP contribution in [0.3, 0.4) is 0 Å². The molecule has 0 radical (unpaired) electrons. The second-order valence-corrected chi connectivity index (χ2v) is 8.49. The van der Waals surface area contributed by atoms with Crippen LogP contribution in [0.15, 0.2) is 11.1 Å². The molecule has 25 heavy (non-hydrogen) atoms. The fourth-order valence-electron chi connectivity index (χ4n) is 4.25. The van der Waals surface area contributed by atoms with Gasteiger partial charge in [0.2, 0.25) is 5.91 Å². The van der Waals surface area contributed by atoms with Crippen molar-refractivity contribution >= 4 is 17.7 Å². The Balaban J connectivity index is 1.46. The zero-order valence-corrected chi connectivity index (χ0v) is 15.5. The highest BCUT2D eigenvalue weighted by atomic mass is 32.2. The van der Waals surface area contributed by atoms with Crippen LogP contribution in [0.2, 0.25) is 0 Å². The lowest BCUT2D eigenvalue weighted by atomic mass is 9.95. The number of aryl methyl sites for hydroxylation is 2. The second-order valence-electron chi connectivity index (χ2n) is 7.52. The van der Waals surface area contributed by atoms with Crippen molar-refractivity contribution in [2.75, 3.05) is 5.75 Å². The fourth-order valence-corrected chi connectivity index (χ4v) is 5.09. The molecule has 5 heteroatoms. The van der Waals surface area contributed by atoms with Crippen LogP contribution < -0.4 is 0 Å². The number of hydrogen-bond donors (Lipinski definition) is 0. The maximum absolute atomic E-state index is 12.9. The van der Waals surface area contributed by atoms with Gasteiger partial charge < -0.3 is 4.90 Å². The van der Waals surface area contributed by atoms with E-state index < -0.39 is 0 Å². The zero-order chi connectivity index (χ0) is 17.2. The van der Waals surface area contributed by atoms with Crippen LogP contribution >= 0.6 is 11.8 Å². The number of hydrogen-bond acceptors (Lipinski definition) is 4. The van der Waals surface area contributed by atoms with Crippen molar-refractivity contribution in [2.24, 2.45) is 0 Å². The summed E-state index contributed by atoms with van der Waals surface area (Å²) in [6.45, 7) is 0. The average molecular weight is 356 g/mol. The van der Waals surface area contributed by atoms with Gasteiger partial charge in [0, 0.05) is 17.8 Å². The third-order valence-electron chi connectivity index (χ3n) is 5.66. The summed E-state index contributed by atoms with van der Waals surface area (Å²) in [5.74, 6) is 0.649. The number of amides is 1. The van der Waals surface area contributed by atoms with Gasteiger partial charge in [-0.1, -0.05) is 24.6 Å². The number of carbonyl (C=O) groups is 1. The summed E-state index contributed by atoms with van der Waals surface area (Å²) in [5, 5.41) is 10.2. The molecule has 1 heterocycles. The maximum atomic E-state index is 12.9. The average Bonchev–Trinajstić information content (AvgIpc) is 3.32. The highest BCUT2D eigenvalue weighted by molar-refractivity contribution is 8.00. The van der Waals surface area contributed by atoms with E-state index in [-0.39, 0.29) is 5.91 Å². The predicted molar refractivity (Wildman–Crippen MR) is 98.4 cm³/mol. The highest BCUT2D eigenvalue weighted by Gasteiger charge is 2.38. The first-order valence-corrected chi connectivity index (χ1v) is 10.6. The van der Waals surface area contributed by atoms with E-state index in [4.69, 9.17) is 4.98 Å². The van der Waals surface area contributed by atoms with E-state index in [0.29, 0.717) is 23.4 Å². The van der Waals surface area contributed by atoms with Crippen LogP contribution in [0.25, 0.3) is 0 Å². The number of rotatable bonds is 5. The number of fused-ring (bicyclic) bond motifs is 1. The largest absolute Gasteiger partial charge is 0.336 e. The number of nitrogens with zero attached hydrogens (tertiary/aromatic N) is 3. The van der Waals surface area contributed by atoms with E-state index in [9.17, 15) is 10.1 Å². The molecule has 0 aromatic carbocycles. The van der Waals surface area contributed by atoms with Gasteiger partial charge in [0.25, 0.3) is 0 Å². The molecular weight excluding hydrogens is 330 g/mol. The lowest BCUT2D eigenvalue weighted by Crippen LogP contribution is -2.41. The van der Waals surface area contributed by atoms with Crippen molar-refractivity contribution in [2.45, 2.75) is 81.3 Å². The zero-order valence-electron chi connectivity index (χ0n) is 14.7. The van der Waals surface area contributed by atoms with Gasteiger partial charge in [-0.25, -0.2) is 4.98 Å².